The highest BCUT2D eigenvalue weighted by Crippen LogP contribution is 2.18. The van der Waals surface area contributed by atoms with Crippen molar-refractivity contribution in [2.75, 3.05) is 19.7 Å². The van der Waals surface area contributed by atoms with Gasteiger partial charge in [0.25, 0.3) is 0 Å². The van der Waals surface area contributed by atoms with E-state index in [1.165, 1.54) is 0 Å². The molecule has 1 aliphatic heterocycles. The maximum atomic E-state index is 11.8. The van der Waals surface area contributed by atoms with Crippen LogP contribution in [0.4, 0.5) is 0 Å². The van der Waals surface area contributed by atoms with Gasteiger partial charge in [0.15, 0.2) is 0 Å². The van der Waals surface area contributed by atoms with Crippen LogP contribution in [-0.4, -0.2) is 58.6 Å². The molecule has 1 N–H and O–H groups in total. The molecular weight excluding hydrogens is 204 g/mol. The van der Waals surface area contributed by atoms with Crippen LogP contribution in [0.2, 0.25) is 0 Å². The van der Waals surface area contributed by atoms with E-state index < -0.39 is 0 Å². The van der Waals surface area contributed by atoms with Crippen LogP contribution in [-0.2, 0) is 4.79 Å². The summed E-state index contributed by atoms with van der Waals surface area (Å²) in [7, 11) is 0. The highest BCUT2D eigenvalue weighted by molar-refractivity contribution is 5.76. The summed E-state index contributed by atoms with van der Waals surface area (Å²) < 4.78 is 0. The molecule has 1 rings (SSSR count). The predicted molar refractivity (Wildman–Crippen MR) is 64.2 cm³/mol. The summed E-state index contributed by atoms with van der Waals surface area (Å²) in [5.41, 5.74) is 0. The minimum Gasteiger partial charge on any atom is -0.396 e. The van der Waals surface area contributed by atoms with Crippen LogP contribution < -0.4 is 0 Å². The Morgan fingerprint density at radius 3 is 2.44 bits per heavy atom. The second kappa shape index (κ2) is 5.64. The van der Waals surface area contributed by atoms with Crippen molar-refractivity contribution in [2.45, 2.75) is 52.2 Å². The van der Waals surface area contributed by atoms with Gasteiger partial charge in [-0.3, -0.25) is 9.69 Å². The molecule has 1 fully saturated rings. The van der Waals surface area contributed by atoms with E-state index in [-0.39, 0.29) is 25.0 Å². The van der Waals surface area contributed by atoms with Crippen LogP contribution >= 0.6 is 0 Å². The molecular formula is C12H24N2O2. The summed E-state index contributed by atoms with van der Waals surface area (Å²) in [5, 5.41) is 8.80. The number of carbonyl (C=O) groups is 1. The van der Waals surface area contributed by atoms with Crippen LogP contribution in [0.3, 0.4) is 0 Å². The molecule has 0 spiro atoms. The Hall–Kier alpha value is -0.610. The lowest BCUT2D eigenvalue weighted by Crippen LogP contribution is -2.59. The summed E-state index contributed by atoms with van der Waals surface area (Å²) in [6.45, 7) is 10.3. The molecule has 1 heterocycles. The third-order valence-corrected chi connectivity index (χ3v) is 3.34. The molecule has 1 saturated heterocycles. The number of aliphatic hydroxyl groups excluding tert-OH is 1. The van der Waals surface area contributed by atoms with Gasteiger partial charge in [-0.25, -0.2) is 0 Å². The number of piperazine rings is 1. The second-order valence-corrected chi connectivity index (χ2v) is 5.01. The minimum atomic E-state index is -0.0513. The quantitative estimate of drug-likeness (QED) is 0.773. The average Bonchev–Trinajstić information content (AvgIpc) is 2.20. The summed E-state index contributed by atoms with van der Waals surface area (Å²) in [6.07, 6.45) is 0.249. The Morgan fingerprint density at radius 1 is 1.31 bits per heavy atom. The highest BCUT2D eigenvalue weighted by atomic mass is 16.3. The Kier molecular flexibility index (Phi) is 4.74. The van der Waals surface area contributed by atoms with E-state index >= 15 is 0 Å². The van der Waals surface area contributed by atoms with Gasteiger partial charge in [-0.15, -0.1) is 0 Å². The van der Waals surface area contributed by atoms with Gasteiger partial charge in [-0.1, -0.05) is 0 Å². The standard InChI is InChI=1S/C12H24N2O2/c1-9(2)13-7-11(4)14(8-10(13)3)12(16)5-6-15/h9-11,15H,5-8H2,1-4H3. The summed E-state index contributed by atoms with van der Waals surface area (Å²) in [6, 6.07) is 1.17. The lowest BCUT2D eigenvalue weighted by atomic mass is 10.1. The molecule has 1 amide bonds. The number of carbonyl (C=O) groups excluding carboxylic acids is 1. The van der Waals surface area contributed by atoms with E-state index in [0.29, 0.717) is 12.1 Å². The molecule has 0 aromatic heterocycles. The monoisotopic (exact) mass is 228 g/mol. The van der Waals surface area contributed by atoms with Gasteiger partial charge in [0.1, 0.15) is 0 Å². The van der Waals surface area contributed by atoms with Crippen molar-refractivity contribution in [3.05, 3.63) is 0 Å². The zero-order valence-corrected chi connectivity index (χ0v) is 10.8. The van der Waals surface area contributed by atoms with Crippen molar-refractivity contribution >= 4 is 5.91 Å². The van der Waals surface area contributed by atoms with Crippen LogP contribution in [0.15, 0.2) is 0 Å². The van der Waals surface area contributed by atoms with Crippen molar-refractivity contribution in [1.29, 1.82) is 0 Å². The van der Waals surface area contributed by atoms with Gasteiger partial charge in [0.05, 0.1) is 6.61 Å². The van der Waals surface area contributed by atoms with Crippen molar-refractivity contribution < 1.29 is 9.90 Å². The molecule has 0 aliphatic carbocycles. The molecule has 4 nitrogen and oxygen atoms in total. The number of nitrogens with zero attached hydrogens (tertiary/aromatic N) is 2. The minimum absolute atomic E-state index is 0.0513. The van der Waals surface area contributed by atoms with Crippen molar-refractivity contribution in [3.63, 3.8) is 0 Å². The number of amides is 1. The molecule has 0 aromatic rings. The first-order chi connectivity index (χ1) is 7.47. The molecule has 2 unspecified atom stereocenters. The van der Waals surface area contributed by atoms with Crippen LogP contribution in [0, 0.1) is 0 Å². The zero-order valence-electron chi connectivity index (χ0n) is 10.8. The predicted octanol–water partition coefficient (Wildman–Crippen LogP) is 0.698. The van der Waals surface area contributed by atoms with Crippen molar-refractivity contribution in [3.8, 4) is 0 Å². The molecule has 0 radical (unpaired) electrons. The fourth-order valence-corrected chi connectivity index (χ4v) is 2.46. The average molecular weight is 228 g/mol. The maximum Gasteiger partial charge on any atom is 0.225 e. The van der Waals surface area contributed by atoms with E-state index in [0.717, 1.165) is 13.1 Å². The molecule has 94 valence electrons. The third kappa shape index (κ3) is 2.95. The normalized spacial score (nSPS) is 27.5. The lowest BCUT2D eigenvalue weighted by molar-refractivity contribution is -0.138. The first-order valence-electron chi connectivity index (χ1n) is 6.13. The summed E-state index contributed by atoms with van der Waals surface area (Å²) in [5.74, 6) is 0.0743. The molecule has 2 atom stereocenters. The van der Waals surface area contributed by atoms with E-state index in [9.17, 15) is 4.79 Å². The lowest BCUT2D eigenvalue weighted by Gasteiger charge is -2.46. The Morgan fingerprint density at radius 2 is 1.94 bits per heavy atom. The molecule has 0 bridgehead atoms. The number of hydrogen-bond donors (Lipinski definition) is 1. The Labute approximate surface area is 98.2 Å². The fourth-order valence-electron chi connectivity index (χ4n) is 2.46. The highest BCUT2D eigenvalue weighted by Gasteiger charge is 2.32. The van der Waals surface area contributed by atoms with Gasteiger partial charge in [-0.05, 0) is 27.7 Å². The van der Waals surface area contributed by atoms with Crippen molar-refractivity contribution in [1.82, 2.24) is 9.80 Å². The first kappa shape index (κ1) is 13.5. The second-order valence-electron chi connectivity index (χ2n) is 5.01. The zero-order chi connectivity index (χ0) is 12.3. The number of hydrogen-bond acceptors (Lipinski definition) is 3. The summed E-state index contributed by atoms with van der Waals surface area (Å²) in [4.78, 5) is 16.1. The van der Waals surface area contributed by atoms with Gasteiger partial charge >= 0.3 is 0 Å². The van der Waals surface area contributed by atoms with Gasteiger partial charge in [0, 0.05) is 37.6 Å². The SMILES string of the molecule is CC1CN(C(C)C)C(C)CN1C(=O)CCO. The van der Waals surface area contributed by atoms with Gasteiger partial charge in [-0.2, -0.15) is 0 Å². The number of rotatable bonds is 3. The Bertz CT molecular complexity index is 243. The van der Waals surface area contributed by atoms with Gasteiger partial charge in [0.2, 0.25) is 5.91 Å². The fraction of sp³-hybridized carbons (Fsp3) is 0.917. The largest absolute Gasteiger partial charge is 0.396 e. The summed E-state index contributed by atoms with van der Waals surface area (Å²) >= 11 is 0. The number of aliphatic hydroxyl groups is 1. The van der Waals surface area contributed by atoms with Crippen LogP contribution in [0.5, 0.6) is 0 Å². The van der Waals surface area contributed by atoms with Crippen LogP contribution in [0.25, 0.3) is 0 Å². The van der Waals surface area contributed by atoms with Crippen molar-refractivity contribution in [2.24, 2.45) is 0 Å². The molecule has 0 aromatic carbocycles. The third-order valence-electron chi connectivity index (χ3n) is 3.34. The molecule has 0 saturated carbocycles. The van der Waals surface area contributed by atoms with E-state index in [4.69, 9.17) is 5.11 Å². The first-order valence-corrected chi connectivity index (χ1v) is 6.13. The Balaban J connectivity index is 2.63. The molecule has 1 aliphatic rings. The molecule has 16 heavy (non-hydrogen) atoms. The topological polar surface area (TPSA) is 43.8 Å². The van der Waals surface area contributed by atoms with Crippen LogP contribution in [0.1, 0.15) is 34.1 Å². The molecule has 4 heteroatoms. The maximum absolute atomic E-state index is 11.8. The van der Waals surface area contributed by atoms with E-state index in [1.54, 1.807) is 0 Å². The van der Waals surface area contributed by atoms with Gasteiger partial charge < -0.3 is 10.0 Å². The smallest absolute Gasteiger partial charge is 0.225 e. The van der Waals surface area contributed by atoms with E-state index in [2.05, 4.69) is 32.6 Å². The van der Waals surface area contributed by atoms with E-state index in [1.807, 2.05) is 4.90 Å².